The van der Waals surface area contributed by atoms with Crippen molar-refractivity contribution in [2.45, 2.75) is 88.6 Å². The molecule has 206 valence electrons. The SMILES string of the molecule is C=O.Cc1ccc2c(c1)CCC(c1ccccc1)C2c1ccc(N2CCC(N(C)C3CCCCC3)CC2)cc1. The number of carbonyl (C=O) groups is 1. The molecule has 3 aromatic rings. The van der Waals surface area contributed by atoms with E-state index in [4.69, 9.17) is 4.79 Å². The molecule has 3 heteroatoms. The summed E-state index contributed by atoms with van der Waals surface area (Å²) < 4.78 is 0. The molecule has 0 spiro atoms. The highest BCUT2D eigenvalue weighted by molar-refractivity contribution is 5.52. The number of anilines is 1. The van der Waals surface area contributed by atoms with Crippen LogP contribution >= 0.6 is 0 Å². The van der Waals surface area contributed by atoms with Crippen LogP contribution in [0.2, 0.25) is 0 Å². The van der Waals surface area contributed by atoms with Gasteiger partial charge in [0.25, 0.3) is 0 Å². The highest BCUT2D eigenvalue weighted by Crippen LogP contribution is 2.46. The predicted octanol–water partition coefficient (Wildman–Crippen LogP) is 7.91. The van der Waals surface area contributed by atoms with Crippen LogP contribution in [0.4, 0.5) is 5.69 Å². The molecule has 3 nitrogen and oxygen atoms in total. The molecule has 3 aromatic carbocycles. The van der Waals surface area contributed by atoms with Crippen LogP contribution in [0.25, 0.3) is 0 Å². The van der Waals surface area contributed by atoms with Gasteiger partial charge in [-0.2, -0.15) is 0 Å². The predicted molar refractivity (Wildman–Crippen MR) is 164 cm³/mol. The van der Waals surface area contributed by atoms with Crippen LogP contribution < -0.4 is 4.90 Å². The lowest BCUT2D eigenvalue weighted by Crippen LogP contribution is -2.47. The average molecular weight is 523 g/mol. The van der Waals surface area contributed by atoms with Crippen molar-refractivity contribution in [1.29, 1.82) is 0 Å². The van der Waals surface area contributed by atoms with Gasteiger partial charge in [0, 0.05) is 36.8 Å². The molecule has 0 bridgehead atoms. The van der Waals surface area contributed by atoms with Crippen LogP contribution in [-0.4, -0.2) is 43.9 Å². The Morgan fingerprint density at radius 3 is 2.10 bits per heavy atom. The van der Waals surface area contributed by atoms with E-state index in [0.717, 1.165) is 12.1 Å². The van der Waals surface area contributed by atoms with Crippen molar-refractivity contribution in [2.24, 2.45) is 0 Å². The highest BCUT2D eigenvalue weighted by Gasteiger charge is 2.32. The van der Waals surface area contributed by atoms with Crippen molar-refractivity contribution in [2.75, 3.05) is 25.0 Å². The highest BCUT2D eigenvalue weighted by atomic mass is 16.1. The fraction of sp³-hybridized carbons (Fsp3) is 0.472. The fourth-order valence-corrected chi connectivity index (χ4v) is 7.63. The molecule has 2 aliphatic carbocycles. The molecular formula is C36H46N2O. The van der Waals surface area contributed by atoms with E-state index in [1.807, 2.05) is 6.79 Å². The first-order chi connectivity index (χ1) is 19.2. The van der Waals surface area contributed by atoms with Gasteiger partial charge in [-0.15, -0.1) is 0 Å². The standard InChI is InChI=1S/C35H44N2.CH2O/c1-26-13-19-34-29(25-26)16-20-33(27-9-5-3-6-10-27)35(34)28-14-17-32(18-15-28)37-23-21-31(22-24-37)36(2)30-11-7-4-8-12-30;1-2/h3,5-6,9-10,13-15,17-19,25,30-31,33,35H,4,7-8,11-12,16,20-24H2,1-2H3;1H2. The van der Waals surface area contributed by atoms with Gasteiger partial charge in [-0.25, -0.2) is 0 Å². The maximum Gasteiger partial charge on any atom is 0.106 e. The number of piperidine rings is 1. The molecule has 0 aromatic heterocycles. The second kappa shape index (κ2) is 13.0. The van der Waals surface area contributed by atoms with Gasteiger partial charge < -0.3 is 14.6 Å². The Bertz CT molecular complexity index is 1180. The lowest BCUT2D eigenvalue weighted by molar-refractivity contribution is -0.0979. The normalized spacial score (nSPS) is 22.2. The lowest BCUT2D eigenvalue weighted by Gasteiger charge is -2.42. The van der Waals surface area contributed by atoms with Crippen LogP contribution in [-0.2, 0) is 11.2 Å². The van der Waals surface area contributed by atoms with Gasteiger partial charge in [0.2, 0.25) is 0 Å². The van der Waals surface area contributed by atoms with Crippen LogP contribution in [0.5, 0.6) is 0 Å². The largest absolute Gasteiger partial charge is 0.371 e. The third-order valence-electron chi connectivity index (χ3n) is 9.80. The smallest absolute Gasteiger partial charge is 0.106 e. The molecular weight excluding hydrogens is 476 g/mol. The molecule has 1 aliphatic heterocycles. The minimum Gasteiger partial charge on any atom is -0.371 e. The molecule has 3 aliphatic rings. The third kappa shape index (κ3) is 6.14. The average Bonchev–Trinajstić information content (AvgIpc) is 3.02. The topological polar surface area (TPSA) is 23.6 Å². The minimum absolute atomic E-state index is 0.427. The summed E-state index contributed by atoms with van der Waals surface area (Å²) in [5, 5.41) is 0. The van der Waals surface area contributed by atoms with E-state index < -0.39 is 0 Å². The van der Waals surface area contributed by atoms with E-state index in [9.17, 15) is 0 Å². The van der Waals surface area contributed by atoms with Crippen molar-refractivity contribution < 1.29 is 4.79 Å². The summed E-state index contributed by atoms with van der Waals surface area (Å²) in [6.45, 7) is 6.59. The van der Waals surface area contributed by atoms with Crippen molar-refractivity contribution in [3.05, 3.63) is 101 Å². The van der Waals surface area contributed by atoms with Gasteiger partial charge in [0.05, 0.1) is 0 Å². The molecule has 39 heavy (non-hydrogen) atoms. The zero-order valence-corrected chi connectivity index (χ0v) is 24.0. The first-order valence-corrected chi connectivity index (χ1v) is 15.2. The Labute approximate surface area is 236 Å². The number of carbonyl (C=O) groups excluding carboxylic acids is 1. The summed E-state index contributed by atoms with van der Waals surface area (Å²) in [6.07, 6.45) is 12.1. The van der Waals surface area contributed by atoms with Gasteiger partial charge in [0.1, 0.15) is 6.79 Å². The quantitative estimate of drug-likeness (QED) is 0.340. The summed E-state index contributed by atoms with van der Waals surface area (Å²) in [4.78, 5) is 13.4. The Morgan fingerprint density at radius 1 is 0.744 bits per heavy atom. The van der Waals surface area contributed by atoms with E-state index in [-0.39, 0.29) is 0 Å². The third-order valence-corrected chi connectivity index (χ3v) is 9.80. The number of rotatable bonds is 5. The lowest BCUT2D eigenvalue weighted by atomic mass is 9.69. The van der Waals surface area contributed by atoms with Crippen molar-refractivity contribution in [3.63, 3.8) is 0 Å². The number of benzene rings is 3. The van der Waals surface area contributed by atoms with E-state index in [1.165, 1.54) is 98.8 Å². The number of hydrogen-bond acceptors (Lipinski definition) is 3. The molecule has 6 rings (SSSR count). The van der Waals surface area contributed by atoms with Crippen LogP contribution in [0.1, 0.15) is 91.0 Å². The summed E-state index contributed by atoms with van der Waals surface area (Å²) in [5.41, 5.74) is 8.80. The second-order valence-electron chi connectivity index (χ2n) is 12.0. The van der Waals surface area contributed by atoms with Crippen LogP contribution in [0.3, 0.4) is 0 Å². The molecule has 2 atom stereocenters. The first-order valence-electron chi connectivity index (χ1n) is 15.2. The van der Waals surface area contributed by atoms with Gasteiger partial charge in [0.15, 0.2) is 0 Å². The Balaban J connectivity index is 0.00000151. The zero-order chi connectivity index (χ0) is 27.2. The molecule has 1 heterocycles. The molecule has 1 saturated heterocycles. The van der Waals surface area contributed by atoms with Gasteiger partial charge >= 0.3 is 0 Å². The van der Waals surface area contributed by atoms with E-state index >= 15 is 0 Å². The van der Waals surface area contributed by atoms with Gasteiger partial charge in [-0.3, -0.25) is 0 Å². The minimum atomic E-state index is 0.427. The van der Waals surface area contributed by atoms with Crippen LogP contribution in [0, 0.1) is 6.92 Å². The molecule has 2 unspecified atom stereocenters. The maximum atomic E-state index is 8.00. The Hall–Kier alpha value is -2.91. The number of aryl methyl sites for hydroxylation is 2. The fourth-order valence-electron chi connectivity index (χ4n) is 7.63. The summed E-state index contributed by atoms with van der Waals surface area (Å²) in [7, 11) is 2.40. The van der Waals surface area contributed by atoms with E-state index in [2.05, 4.69) is 96.6 Å². The van der Waals surface area contributed by atoms with Crippen molar-refractivity contribution in [1.82, 2.24) is 4.90 Å². The number of nitrogens with zero attached hydrogens (tertiary/aromatic N) is 2. The number of hydrogen-bond donors (Lipinski definition) is 0. The van der Waals surface area contributed by atoms with E-state index in [1.54, 1.807) is 5.56 Å². The molecule has 1 saturated carbocycles. The number of fused-ring (bicyclic) bond motifs is 1. The Morgan fingerprint density at radius 2 is 1.41 bits per heavy atom. The van der Waals surface area contributed by atoms with Gasteiger partial charge in [-0.1, -0.05) is 85.5 Å². The zero-order valence-electron chi connectivity index (χ0n) is 24.0. The monoisotopic (exact) mass is 522 g/mol. The van der Waals surface area contributed by atoms with Crippen molar-refractivity contribution in [3.8, 4) is 0 Å². The van der Waals surface area contributed by atoms with Gasteiger partial charge in [-0.05, 0) is 92.8 Å². The molecule has 2 fully saturated rings. The molecule has 0 radical (unpaired) electrons. The van der Waals surface area contributed by atoms with E-state index in [0.29, 0.717) is 11.8 Å². The molecule has 0 N–H and O–H groups in total. The summed E-state index contributed by atoms with van der Waals surface area (Å²) in [5.74, 6) is 0.962. The Kier molecular flexibility index (Phi) is 9.19. The molecule has 0 amide bonds. The summed E-state index contributed by atoms with van der Waals surface area (Å²) >= 11 is 0. The van der Waals surface area contributed by atoms with Crippen LogP contribution in [0.15, 0.2) is 72.8 Å². The second-order valence-corrected chi connectivity index (χ2v) is 12.0. The van der Waals surface area contributed by atoms with Crippen molar-refractivity contribution >= 4 is 12.5 Å². The first kappa shape index (κ1) is 27.6. The maximum absolute atomic E-state index is 8.00. The summed E-state index contributed by atoms with van der Waals surface area (Å²) in [6, 6.07) is 29.6.